The second-order valence-corrected chi connectivity index (χ2v) is 4.70. The van der Waals surface area contributed by atoms with Crippen LogP contribution in [0.3, 0.4) is 0 Å². The second-order valence-electron chi connectivity index (χ2n) is 4.70. The summed E-state index contributed by atoms with van der Waals surface area (Å²) in [5, 5.41) is 12.7. The molecular formula is C12H19N3O2. The summed E-state index contributed by atoms with van der Waals surface area (Å²) in [7, 11) is 1.78. The number of carbonyl (C=O) groups excluding carboxylic acids is 1. The third kappa shape index (κ3) is 2.61. The SMILES string of the molecule is Cn1cc(N)cc1C(=O)N[C@H]1CCCC[C@@H]1O. The maximum absolute atomic E-state index is 12.0. The van der Waals surface area contributed by atoms with Crippen molar-refractivity contribution in [2.24, 2.45) is 7.05 Å². The minimum atomic E-state index is -0.426. The monoisotopic (exact) mass is 237 g/mol. The summed E-state index contributed by atoms with van der Waals surface area (Å²) in [4.78, 5) is 12.0. The van der Waals surface area contributed by atoms with E-state index >= 15 is 0 Å². The largest absolute Gasteiger partial charge is 0.397 e. The van der Waals surface area contributed by atoms with E-state index in [0.717, 1.165) is 25.7 Å². The maximum Gasteiger partial charge on any atom is 0.268 e. The van der Waals surface area contributed by atoms with Crippen molar-refractivity contribution in [2.75, 3.05) is 5.73 Å². The van der Waals surface area contributed by atoms with E-state index in [1.807, 2.05) is 0 Å². The highest BCUT2D eigenvalue weighted by Gasteiger charge is 2.25. The highest BCUT2D eigenvalue weighted by atomic mass is 16.3. The molecule has 1 aliphatic rings. The van der Waals surface area contributed by atoms with Crippen LogP contribution in [0.15, 0.2) is 12.3 Å². The molecule has 0 aromatic carbocycles. The van der Waals surface area contributed by atoms with Gasteiger partial charge in [0.15, 0.2) is 0 Å². The number of nitrogens with two attached hydrogens (primary N) is 1. The zero-order valence-electron chi connectivity index (χ0n) is 10.0. The van der Waals surface area contributed by atoms with Crippen LogP contribution in [-0.4, -0.2) is 27.7 Å². The third-order valence-electron chi connectivity index (χ3n) is 3.30. The Morgan fingerprint density at radius 2 is 2.24 bits per heavy atom. The van der Waals surface area contributed by atoms with Crippen LogP contribution in [0.2, 0.25) is 0 Å². The lowest BCUT2D eigenvalue weighted by molar-refractivity contribution is 0.0711. The molecule has 1 fully saturated rings. The Morgan fingerprint density at radius 3 is 2.82 bits per heavy atom. The Morgan fingerprint density at radius 1 is 1.53 bits per heavy atom. The first-order chi connectivity index (χ1) is 8.08. The van der Waals surface area contributed by atoms with Crippen molar-refractivity contribution in [3.05, 3.63) is 18.0 Å². The molecule has 5 nitrogen and oxygen atoms in total. The standard InChI is InChI=1S/C12H19N3O2/c1-15-7-8(13)6-10(15)12(17)14-9-4-2-3-5-11(9)16/h6-7,9,11,16H,2-5,13H2,1H3,(H,14,17)/t9-,11-/m0/s1. The summed E-state index contributed by atoms with van der Waals surface area (Å²) in [6.45, 7) is 0. The number of rotatable bonds is 2. The molecule has 4 N–H and O–H groups in total. The Balaban J connectivity index is 2.03. The highest BCUT2D eigenvalue weighted by Crippen LogP contribution is 2.19. The van der Waals surface area contributed by atoms with Gasteiger partial charge in [0.05, 0.1) is 17.8 Å². The van der Waals surface area contributed by atoms with Crippen LogP contribution in [0.5, 0.6) is 0 Å². The van der Waals surface area contributed by atoms with E-state index < -0.39 is 6.10 Å². The molecule has 0 saturated heterocycles. The van der Waals surface area contributed by atoms with Gasteiger partial charge in [-0.25, -0.2) is 0 Å². The van der Waals surface area contributed by atoms with Crippen molar-refractivity contribution >= 4 is 11.6 Å². The molecule has 1 amide bonds. The van der Waals surface area contributed by atoms with Gasteiger partial charge in [0.25, 0.3) is 5.91 Å². The molecule has 0 bridgehead atoms. The van der Waals surface area contributed by atoms with Crippen LogP contribution in [0.1, 0.15) is 36.2 Å². The number of nitrogens with zero attached hydrogens (tertiary/aromatic N) is 1. The molecule has 2 rings (SSSR count). The van der Waals surface area contributed by atoms with Gasteiger partial charge in [-0.2, -0.15) is 0 Å². The molecular weight excluding hydrogens is 218 g/mol. The second kappa shape index (κ2) is 4.79. The average molecular weight is 237 g/mol. The number of carbonyl (C=O) groups is 1. The number of amides is 1. The van der Waals surface area contributed by atoms with Gasteiger partial charge in [-0.05, 0) is 18.9 Å². The zero-order valence-corrected chi connectivity index (χ0v) is 10.0. The molecule has 0 spiro atoms. The lowest BCUT2D eigenvalue weighted by Gasteiger charge is -2.28. The van der Waals surface area contributed by atoms with E-state index in [4.69, 9.17) is 5.73 Å². The summed E-state index contributed by atoms with van der Waals surface area (Å²) in [6, 6.07) is 1.51. The summed E-state index contributed by atoms with van der Waals surface area (Å²) in [6.07, 6.45) is 4.96. The van der Waals surface area contributed by atoms with Gasteiger partial charge in [0.1, 0.15) is 5.69 Å². The van der Waals surface area contributed by atoms with Crippen LogP contribution >= 0.6 is 0 Å². The highest BCUT2D eigenvalue weighted by molar-refractivity contribution is 5.94. The fraction of sp³-hybridized carbons (Fsp3) is 0.583. The minimum Gasteiger partial charge on any atom is -0.397 e. The minimum absolute atomic E-state index is 0.132. The Bertz CT molecular complexity index is 414. The van der Waals surface area contributed by atoms with E-state index in [1.165, 1.54) is 0 Å². The number of nitrogen functional groups attached to an aromatic ring is 1. The topological polar surface area (TPSA) is 80.3 Å². The molecule has 1 aromatic heterocycles. The number of nitrogens with one attached hydrogen (secondary N) is 1. The molecule has 0 unspecified atom stereocenters. The molecule has 1 aliphatic carbocycles. The number of aromatic nitrogens is 1. The fourth-order valence-corrected chi connectivity index (χ4v) is 2.34. The van der Waals surface area contributed by atoms with E-state index in [-0.39, 0.29) is 11.9 Å². The zero-order chi connectivity index (χ0) is 12.4. The summed E-state index contributed by atoms with van der Waals surface area (Å²) >= 11 is 0. The molecule has 17 heavy (non-hydrogen) atoms. The van der Waals surface area contributed by atoms with Gasteiger partial charge >= 0.3 is 0 Å². The first-order valence-corrected chi connectivity index (χ1v) is 5.98. The fourth-order valence-electron chi connectivity index (χ4n) is 2.34. The molecule has 1 aromatic rings. The first-order valence-electron chi connectivity index (χ1n) is 5.98. The number of hydrogen-bond donors (Lipinski definition) is 3. The van der Waals surface area contributed by atoms with Crippen LogP contribution in [-0.2, 0) is 7.05 Å². The Labute approximate surface area is 101 Å². The number of aliphatic hydroxyl groups excluding tert-OH is 1. The first kappa shape index (κ1) is 12.0. The van der Waals surface area contributed by atoms with Crippen LogP contribution in [0.25, 0.3) is 0 Å². The Kier molecular flexibility index (Phi) is 3.38. The molecule has 0 aliphatic heterocycles. The molecule has 1 saturated carbocycles. The van der Waals surface area contributed by atoms with Crippen LogP contribution in [0, 0.1) is 0 Å². The predicted octanol–water partition coefficient (Wildman–Crippen LogP) is 0.641. The van der Waals surface area contributed by atoms with E-state index in [9.17, 15) is 9.90 Å². The number of anilines is 1. The summed E-state index contributed by atoms with van der Waals surface area (Å²) in [5.74, 6) is -0.171. The van der Waals surface area contributed by atoms with Crippen molar-refractivity contribution < 1.29 is 9.90 Å². The van der Waals surface area contributed by atoms with E-state index in [2.05, 4.69) is 5.32 Å². The van der Waals surface area contributed by atoms with Crippen molar-refractivity contribution in [2.45, 2.75) is 37.8 Å². The number of hydrogen-bond acceptors (Lipinski definition) is 3. The van der Waals surface area contributed by atoms with E-state index in [0.29, 0.717) is 11.4 Å². The molecule has 1 heterocycles. The summed E-state index contributed by atoms with van der Waals surface area (Å²) in [5.41, 5.74) is 6.73. The van der Waals surface area contributed by atoms with E-state index in [1.54, 1.807) is 23.9 Å². The number of aryl methyl sites for hydroxylation is 1. The maximum atomic E-state index is 12.0. The van der Waals surface area contributed by atoms with Crippen molar-refractivity contribution in [1.82, 2.24) is 9.88 Å². The molecule has 0 radical (unpaired) electrons. The molecule has 94 valence electrons. The van der Waals surface area contributed by atoms with Gasteiger partial charge in [-0.3, -0.25) is 4.79 Å². The van der Waals surface area contributed by atoms with Crippen LogP contribution < -0.4 is 11.1 Å². The third-order valence-corrected chi connectivity index (χ3v) is 3.30. The van der Waals surface area contributed by atoms with Gasteiger partial charge in [-0.1, -0.05) is 12.8 Å². The summed E-state index contributed by atoms with van der Waals surface area (Å²) < 4.78 is 1.69. The lowest BCUT2D eigenvalue weighted by Crippen LogP contribution is -2.45. The van der Waals surface area contributed by atoms with Gasteiger partial charge < -0.3 is 20.7 Å². The van der Waals surface area contributed by atoms with Gasteiger partial charge in [0, 0.05) is 13.2 Å². The molecule has 2 atom stereocenters. The van der Waals surface area contributed by atoms with Crippen molar-refractivity contribution in [3.8, 4) is 0 Å². The van der Waals surface area contributed by atoms with Crippen molar-refractivity contribution in [1.29, 1.82) is 0 Å². The molecule has 5 heteroatoms. The lowest BCUT2D eigenvalue weighted by atomic mass is 9.92. The van der Waals surface area contributed by atoms with Gasteiger partial charge in [0.2, 0.25) is 0 Å². The van der Waals surface area contributed by atoms with Gasteiger partial charge in [-0.15, -0.1) is 0 Å². The quantitative estimate of drug-likeness (QED) is 0.706. The predicted molar refractivity (Wildman–Crippen MR) is 65.6 cm³/mol. The van der Waals surface area contributed by atoms with Crippen molar-refractivity contribution in [3.63, 3.8) is 0 Å². The Hall–Kier alpha value is -1.49. The number of aliphatic hydroxyl groups is 1. The smallest absolute Gasteiger partial charge is 0.268 e. The average Bonchev–Trinajstić information content (AvgIpc) is 2.61. The normalized spacial score (nSPS) is 24.6. The van der Waals surface area contributed by atoms with Crippen LogP contribution in [0.4, 0.5) is 5.69 Å².